The molecule has 2 heterocycles. The van der Waals surface area contributed by atoms with E-state index in [0.29, 0.717) is 12.1 Å². The third kappa shape index (κ3) is 6.11. The Morgan fingerprint density at radius 1 is 1.10 bits per heavy atom. The largest absolute Gasteiger partial charge is 0.508 e. The van der Waals surface area contributed by atoms with Gasteiger partial charge in [-0.1, -0.05) is 35.9 Å². The second kappa shape index (κ2) is 10.3. The molecule has 1 aliphatic rings. The van der Waals surface area contributed by atoms with Gasteiger partial charge in [0.1, 0.15) is 5.75 Å². The Balaban J connectivity index is 0.000000330. The molecule has 0 atom stereocenters. The minimum atomic E-state index is -3.50. The predicted octanol–water partition coefficient (Wildman–Crippen LogP) is 3.80. The van der Waals surface area contributed by atoms with Gasteiger partial charge in [-0.15, -0.1) is 6.58 Å². The van der Waals surface area contributed by atoms with Crippen LogP contribution in [0.15, 0.2) is 67.4 Å². The zero-order valence-electron chi connectivity index (χ0n) is 17.6. The maximum absolute atomic E-state index is 12.4. The molecule has 0 aliphatic carbocycles. The zero-order valence-corrected chi connectivity index (χ0v) is 19.2. The van der Waals surface area contributed by atoms with Crippen molar-refractivity contribution in [3.63, 3.8) is 0 Å². The number of halogens is 1. The summed E-state index contributed by atoms with van der Waals surface area (Å²) in [6, 6.07) is 14.5. The second-order valence-electron chi connectivity index (χ2n) is 7.59. The normalized spacial score (nSPS) is 15.4. The molecule has 0 bridgehead atoms. The van der Waals surface area contributed by atoms with Crippen molar-refractivity contribution in [3.05, 3.63) is 78.0 Å². The minimum Gasteiger partial charge on any atom is -0.508 e. The number of piperazine rings is 1. The number of phenols is 1. The molecule has 0 unspecified atom stereocenters. The van der Waals surface area contributed by atoms with Crippen LogP contribution in [0, 0.1) is 0 Å². The van der Waals surface area contributed by atoms with Gasteiger partial charge < -0.3 is 10.0 Å². The number of benzene rings is 2. The first kappa shape index (κ1) is 23.3. The van der Waals surface area contributed by atoms with Crippen molar-refractivity contribution in [2.75, 3.05) is 39.0 Å². The number of likely N-dealkylation sites (N-methyl/N-ethyl adjacent to an activating group) is 1. The number of hydrogen-bond donors (Lipinski definition) is 1. The molecular formula is C23H28ClN3O3S. The number of phenolic OH excluding ortho intramolecular Hbond substituents is 1. The van der Waals surface area contributed by atoms with Crippen LogP contribution in [0.25, 0.3) is 10.9 Å². The van der Waals surface area contributed by atoms with Crippen LogP contribution >= 0.6 is 11.6 Å². The van der Waals surface area contributed by atoms with Crippen molar-refractivity contribution in [1.82, 2.24) is 13.8 Å². The van der Waals surface area contributed by atoms with E-state index in [9.17, 15) is 13.5 Å². The fourth-order valence-corrected chi connectivity index (χ4v) is 4.84. The molecule has 1 saturated heterocycles. The molecule has 1 aromatic heterocycles. The lowest BCUT2D eigenvalue weighted by Crippen LogP contribution is -2.43. The monoisotopic (exact) mass is 461 g/mol. The predicted molar refractivity (Wildman–Crippen MR) is 127 cm³/mol. The molecule has 1 aliphatic heterocycles. The fraction of sp³-hybridized carbons (Fsp3) is 0.304. The van der Waals surface area contributed by atoms with E-state index >= 15 is 0 Å². The van der Waals surface area contributed by atoms with Crippen LogP contribution in [0.5, 0.6) is 5.75 Å². The van der Waals surface area contributed by atoms with Gasteiger partial charge in [0.2, 0.25) is 10.0 Å². The Bertz CT molecular complexity index is 1120. The lowest BCUT2D eigenvalue weighted by Gasteiger charge is -2.32. The van der Waals surface area contributed by atoms with Gasteiger partial charge >= 0.3 is 0 Å². The van der Waals surface area contributed by atoms with Gasteiger partial charge in [0, 0.05) is 55.4 Å². The molecule has 1 N–H and O–H groups in total. The average molecular weight is 462 g/mol. The zero-order chi connectivity index (χ0) is 22.4. The van der Waals surface area contributed by atoms with Gasteiger partial charge in [0.25, 0.3) is 0 Å². The number of aromatic nitrogens is 1. The summed E-state index contributed by atoms with van der Waals surface area (Å²) in [5.41, 5.74) is 1.46. The summed E-state index contributed by atoms with van der Waals surface area (Å²) >= 11 is 5.54. The summed E-state index contributed by atoms with van der Waals surface area (Å²) < 4.78 is 25.9. The third-order valence-corrected chi connectivity index (χ3v) is 7.02. The van der Waals surface area contributed by atoms with E-state index in [1.165, 1.54) is 16.1 Å². The van der Waals surface area contributed by atoms with E-state index in [2.05, 4.69) is 23.4 Å². The molecule has 3 aromatic rings. The quantitative estimate of drug-likeness (QED) is 0.585. The SMILES string of the molecule is C=CCS(=O)(=O)n1ccc2c(CN3CCN(C)CC3)cc(O)cc21.Clc1ccccc1. The lowest BCUT2D eigenvalue weighted by atomic mass is 10.1. The smallest absolute Gasteiger partial charge is 0.242 e. The van der Waals surface area contributed by atoms with Gasteiger partial charge in [0.05, 0.1) is 11.3 Å². The second-order valence-corrected chi connectivity index (χ2v) is 9.92. The number of nitrogens with zero attached hydrogens (tertiary/aromatic N) is 3. The Morgan fingerprint density at radius 3 is 2.35 bits per heavy atom. The highest BCUT2D eigenvalue weighted by molar-refractivity contribution is 7.90. The molecule has 0 radical (unpaired) electrons. The molecular weight excluding hydrogens is 434 g/mol. The fourth-order valence-electron chi connectivity index (χ4n) is 3.54. The highest BCUT2D eigenvalue weighted by atomic mass is 35.5. The van der Waals surface area contributed by atoms with Gasteiger partial charge in [-0.05, 0) is 36.9 Å². The number of rotatable bonds is 5. The topological polar surface area (TPSA) is 65.8 Å². The molecule has 4 rings (SSSR count). The van der Waals surface area contributed by atoms with Crippen LogP contribution in [0.4, 0.5) is 0 Å². The first-order valence-electron chi connectivity index (χ1n) is 10.1. The van der Waals surface area contributed by atoms with E-state index in [1.807, 2.05) is 30.3 Å². The molecule has 0 saturated carbocycles. The summed E-state index contributed by atoms with van der Waals surface area (Å²) in [4.78, 5) is 4.61. The highest BCUT2D eigenvalue weighted by Gasteiger charge is 2.19. The third-order valence-electron chi connectivity index (χ3n) is 5.19. The number of fused-ring (bicyclic) bond motifs is 1. The van der Waals surface area contributed by atoms with E-state index in [1.54, 1.807) is 18.3 Å². The van der Waals surface area contributed by atoms with Crippen LogP contribution < -0.4 is 0 Å². The molecule has 0 amide bonds. The van der Waals surface area contributed by atoms with Crippen molar-refractivity contribution in [3.8, 4) is 5.75 Å². The summed E-state index contributed by atoms with van der Waals surface area (Å²) in [6.07, 6.45) is 2.92. The van der Waals surface area contributed by atoms with E-state index in [-0.39, 0.29) is 11.5 Å². The Labute approximate surface area is 189 Å². The van der Waals surface area contributed by atoms with Gasteiger partial charge in [-0.3, -0.25) is 4.90 Å². The molecule has 1 fully saturated rings. The summed E-state index contributed by atoms with van der Waals surface area (Å²) in [7, 11) is -1.39. The van der Waals surface area contributed by atoms with Gasteiger partial charge in [0.15, 0.2) is 0 Å². The maximum atomic E-state index is 12.4. The first-order chi connectivity index (χ1) is 14.8. The van der Waals surface area contributed by atoms with E-state index < -0.39 is 10.0 Å². The van der Waals surface area contributed by atoms with E-state index in [0.717, 1.165) is 42.2 Å². The van der Waals surface area contributed by atoms with E-state index in [4.69, 9.17) is 11.6 Å². The van der Waals surface area contributed by atoms with Crippen molar-refractivity contribution in [2.45, 2.75) is 6.54 Å². The molecule has 2 aromatic carbocycles. The summed E-state index contributed by atoms with van der Waals surface area (Å²) in [6.45, 7) is 8.14. The van der Waals surface area contributed by atoms with Crippen molar-refractivity contribution in [1.29, 1.82) is 0 Å². The average Bonchev–Trinajstić information content (AvgIpc) is 3.16. The first-order valence-corrected chi connectivity index (χ1v) is 12.1. The van der Waals surface area contributed by atoms with Crippen molar-refractivity contribution < 1.29 is 13.5 Å². The van der Waals surface area contributed by atoms with Gasteiger partial charge in [-0.2, -0.15) is 0 Å². The van der Waals surface area contributed by atoms with Crippen LogP contribution in [0.1, 0.15) is 5.56 Å². The Hall–Kier alpha value is -2.32. The molecule has 166 valence electrons. The Kier molecular flexibility index (Phi) is 7.78. The maximum Gasteiger partial charge on any atom is 0.242 e. The van der Waals surface area contributed by atoms with Crippen LogP contribution in [0.2, 0.25) is 5.02 Å². The number of aromatic hydroxyl groups is 1. The molecule has 6 nitrogen and oxygen atoms in total. The van der Waals surface area contributed by atoms with Crippen LogP contribution in [-0.4, -0.2) is 66.3 Å². The Morgan fingerprint density at radius 2 is 1.77 bits per heavy atom. The summed E-state index contributed by atoms with van der Waals surface area (Å²) in [5, 5.41) is 11.7. The number of hydrogen-bond acceptors (Lipinski definition) is 5. The molecule has 8 heteroatoms. The highest BCUT2D eigenvalue weighted by Crippen LogP contribution is 2.28. The van der Waals surface area contributed by atoms with Crippen LogP contribution in [0.3, 0.4) is 0 Å². The van der Waals surface area contributed by atoms with Crippen molar-refractivity contribution >= 4 is 32.5 Å². The van der Waals surface area contributed by atoms with Crippen molar-refractivity contribution in [2.24, 2.45) is 0 Å². The standard InChI is InChI=1S/C17H23N3O3S.C6H5Cl/c1-3-10-24(22,23)20-5-4-16-14(11-15(21)12-17(16)20)13-19-8-6-18(2)7-9-19;7-6-4-2-1-3-5-6/h3-5,11-12,21H,1,6-10,13H2,2H3;1-5H. The lowest BCUT2D eigenvalue weighted by molar-refractivity contribution is 0.148. The van der Waals surface area contributed by atoms with Crippen LogP contribution in [-0.2, 0) is 16.6 Å². The van der Waals surface area contributed by atoms with Gasteiger partial charge in [-0.25, -0.2) is 12.4 Å². The molecule has 31 heavy (non-hydrogen) atoms. The molecule has 0 spiro atoms. The summed E-state index contributed by atoms with van der Waals surface area (Å²) in [5.74, 6) is -0.0550. The minimum absolute atomic E-state index is 0.0837.